The summed E-state index contributed by atoms with van der Waals surface area (Å²) in [6.07, 6.45) is 4.81. The number of imide groups is 1. The molecule has 0 N–H and O–H groups in total. The number of aromatic nitrogens is 1. The maximum atomic E-state index is 13.7. The Kier molecular flexibility index (Phi) is 6.73. The first-order valence-electron chi connectivity index (χ1n) is 15.8. The Morgan fingerprint density at radius 1 is 0.935 bits per heavy atom. The molecule has 46 heavy (non-hydrogen) atoms. The number of Topliss-reactive ketones (excluding diaryl/α,β-unsaturated/α-hetero) is 1. The van der Waals surface area contributed by atoms with Crippen LogP contribution in [0.4, 0.5) is 5.69 Å². The first-order valence-corrected chi connectivity index (χ1v) is 16.2. The van der Waals surface area contributed by atoms with Crippen molar-refractivity contribution >= 4 is 51.8 Å². The second-order valence-electron chi connectivity index (χ2n) is 12.9. The summed E-state index contributed by atoms with van der Waals surface area (Å²) in [6, 6.07) is 21.0. The fourth-order valence-corrected chi connectivity index (χ4v) is 8.17. The van der Waals surface area contributed by atoms with Gasteiger partial charge in [0.25, 0.3) is 0 Å². The monoisotopic (exact) mass is 630 g/mol. The molecule has 1 aromatic heterocycles. The minimum Gasteiger partial charge on any atom is -0.450 e. The molecule has 5 aliphatic rings. The Labute approximate surface area is 271 Å². The van der Waals surface area contributed by atoms with Crippen LogP contribution in [0.1, 0.15) is 46.0 Å². The van der Waals surface area contributed by atoms with E-state index in [1.165, 1.54) is 4.90 Å². The number of allylic oxidation sites excluding steroid dienone is 2. The topological polar surface area (TPSA) is 93.6 Å². The van der Waals surface area contributed by atoms with Crippen molar-refractivity contribution in [2.75, 3.05) is 4.90 Å². The number of benzene rings is 3. The summed E-state index contributed by atoms with van der Waals surface area (Å²) >= 11 is 6.47. The normalized spacial score (nSPS) is 26.2. The van der Waals surface area contributed by atoms with E-state index in [-0.39, 0.29) is 46.8 Å². The molecule has 4 aromatic rings. The molecule has 7 atom stereocenters. The number of nitrogens with zero attached hydrogens (tertiary/aromatic N) is 2. The van der Waals surface area contributed by atoms with Crippen molar-refractivity contribution < 1.29 is 23.9 Å². The molecule has 2 saturated carbocycles. The summed E-state index contributed by atoms with van der Waals surface area (Å²) < 4.78 is 5.82. The molecular formula is C38H31ClN2O5. The standard InChI is InChI=1S/C38H31ClN2O5/c1-3-31(35(42)21-7-5-4-6-8-21)46-38(45)28-18-30(40-34-19(2)29(39)16-15-25(28)34)20-9-11-22(12-10-20)41-36(43)32-23-13-14-24(27-17-26(23)27)33(32)37(41)44/h4-16,18,23-24,26-27,31-33H,3,17H2,1-2H3. The van der Waals surface area contributed by atoms with Gasteiger partial charge < -0.3 is 4.74 Å². The van der Waals surface area contributed by atoms with Crippen LogP contribution in [-0.2, 0) is 14.3 Å². The lowest BCUT2D eigenvalue weighted by Crippen LogP contribution is -2.40. The van der Waals surface area contributed by atoms with Crippen molar-refractivity contribution in [1.82, 2.24) is 4.98 Å². The van der Waals surface area contributed by atoms with Gasteiger partial charge in [0.15, 0.2) is 6.10 Å². The van der Waals surface area contributed by atoms with Crippen LogP contribution in [0.15, 0.2) is 84.9 Å². The highest BCUT2D eigenvalue weighted by Gasteiger charge is 2.67. The minimum atomic E-state index is -0.954. The third kappa shape index (κ3) is 4.36. The second kappa shape index (κ2) is 10.7. The van der Waals surface area contributed by atoms with Gasteiger partial charge in [-0.25, -0.2) is 9.78 Å². The van der Waals surface area contributed by atoms with Gasteiger partial charge in [-0.3, -0.25) is 19.3 Å². The maximum Gasteiger partial charge on any atom is 0.339 e. The van der Waals surface area contributed by atoms with E-state index < -0.39 is 12.1 Å². The zero-order valence-corrected chi connectivity index (χ0v) is 26.1. The van der Waals surface area contributed by atoms with Gasteiger partial charge in [-0.05, 0) is 73.3 Å². The molecule has 0 radical (unpaired) electrons. The van der Waals surface area contributed by atoms with E-state index in [0.29, 0.717) is 62.3 Å². The van der Waals surface area contributed by atoms with Gasteiger partial charge in [-0.2, -0.15) is 0 Å². The number of halogens is 1. The zero-order chi connectivity index (χ0) is 31.9. The quantitative estimate of drug-likeness (QED) is 0.0925. The molecular weight excluding hydrogens is 600 g/mol. The van der Waals surface area contributed by atoms with Crippen molar-refractivity contribution in [2.24, 2.45) is 35.5 Å². The number of hydrogen-bond donors (Lipinski definition) is 0. The number of ketones is 1. The van der Waals surface area contributed by atoms with Gasteiger partial charge in [0.1, 0.15) is 0 Å². The summed E-state index contributed by atoms with van der Waals surface area (Å²) in [6.45, 7) is 3.64. The van der Waals surface area contributed by atoms with Crippen LogP contribution in [0.3, 0.4) is 0 Å². The summed E-state index contributed by atoms with van der Waals surface area (Å²) in [5, 5.41) is 1.07. The number of fused-ring (bicyclic) bond motifs is 1. The largest absolute Gasteiger partial charge is 0.450 e. The van der Waals surface area contributed by atoms with Gasteiger partial charge in [0.2, 0.25) is 17.6 Å². The van der Waals surface area contributed by atoms with Crippen LogP contribution in [0.25, 0.3) is 22.2 Å². The number of esters is 1. The number of rotatable bonds is 7. The van der Waals surface area contributed by atoms with Crippen LogP contribution in [-0.4, -0.2) is 34.7 Å². The smallest absolute Gasteiger partial charge is 0.339 e. The first kappa shape index (κ1) is 28.8. The highest BCUT2D eigenvalue weighted by atomic mass is 35.5. The van der Waals surface area contributed by atoms with Gasteiger partial charge in [0.05, 0.1) is 34.3 Å². The fraction of sp³-hybridized carbons (Fsp3) is 0.289. The third-order valence-corrected chi connectivity index (χ3v) is 10.9. The predicted molar refractivity (Wildman–Crippen MR) is 174 cm³/mol. The van der Waals surface area contributed by atoms with E-state index in [2.05, 4.69) is 12.2 Å². The van der Waals surface area contributed by atoms with Gasteiger partial charge in [0, 0.05) is 21.5 Å². The lowest BCUT2D eigenvalue weighted by molar-refractivity contribution is -0.124. The lowest BCUT2D eigenvalue weighted by Gasteiger charge is -2.37. The summed E-state index contributed by atoms with van der Waals surface area (Å²) in [4.78, 5) is 60.4. The van der Waals surface area contributed by atoms with Gasteiger partial charge in [-0.1, -0.05) is 79.2 Å². The SMILES string of the molecule is CCC(OC(=O)c1cc(-c2ccc(N3C(=O)C4C5C=CC(C6CC56)C4C3=O)cc2)nc2c(C)c(Cl)ccc12)C(=O)c1ccccc1. The molecule has 3 aromatic carbocycles. The molecule has 3 fully saturated rings. The molecule has 1 saturated heterocycles. The lowest BCUT2D eigenvalue weighted by atomic mass is 9.63. The zero-order valence-electron chi connectivity index (χ0n) is 25.4. The van der Waals surface area contributed by atoms with E-state index in [1.54, 1.807) is 73.7 Å². The molecule has 9 rings (SSSR count). The second-order valence-corrected chi connectivity index (χ2v) is 13.3. The molecule has 8 heteroatoms. The summed E-state index contributed by atoms with van der Waals surface area (Å²) in [5.74, 6) is -0.268. The van der Waals surface area contributed by atoms with E-state index in [9.17, 15) is 19.2 Å². The van der Waals surface area contributed by atoms with E-state index >= 15 is 0 Å². The Morgan fingerprint density at radius 2 is 1.59 bits per heavy atom. The Bertz CT molecular complexity index is 1950. The molecule has 2 heterocycles. The Morgan fingerprint density at radius 3 is 2.22 bits per heavy atom. The minimum absolute atomic E-state index is 0.109. The molecule has 7 nitrogen and oxygen atoms in total. The number of pyridine rings is 1. The predicted octanol–water partition coefficient (Wildman–Crippen LogP) is 7.24. The molecule has 7 unspecified atom stereocenters. The first-order chi connectivity index (χ1) is 22.3. The average molecular weight is 631 g/mol. The number of aryl methyl sites for hydroxylation is 1. The molecule has 230 valence electrons. The van der Waals surface area contributed by atoms with E-state index in [1.807, 2.05) is 13.0 Å². The molecule has 2 amide bonds. The van der Waals surface area contributed by atoms with Crippen molar-refractivity contribution in [3.8, 4) is 11.3 Å². The molecule has 4 aliphatic carbocycles. The molecule has 1 aliphatic heterocycles. The van der Waals surface area contributed by atoms with E-state index in [0.717, 1.165) is 6.42 Å². The number of carbonyl (C=O) groups excluding carboxylic acids is 4. The fourth-order valence-electron chi connectivity index (χ4n) is 8.02. The Hall–Kier alpha value is -4.62. The number of amides is 2. The van der Waals surface area contributed by atoms with Crippen LogP contribution in [0.5, 0.6) is 0 Å². The van der Waals surface area contributed by atoms with Crippen molar-refractivity contribution in [1.29, 1.82) is 0 Å². The summed E-state index contributed by atoms with van der Waals surface area (Å²) in [5.41, 5.74) is 3.69. The van der Waals surface area contributed by atoms with Gasteiger partial charge >= 0.3 is 5.97 Å². The van der Waals surface area contributed by atoms with Gasteiger partial charge in [-0.15, -0.1) is 0 Å². The third-order valence-electron chi connectivity index (χ3n) is 10.4. The number of ether oxygens (including phenoxy) is 1. The average Bonchev–Trinajstić information content (AvgIpc) is 3.87. The number of anilines is 1. The van der Waals surface area contributed by atoms with E-state index in [4.69, 9.17) is 21.3 Å². The summed E-state index contributed by atoms with van der Waals surface area (Å²) in [7, 11) is 0. The van der Waals surface area contributed by atoms with Crippen LogP contribution < -0.4 is 4.90 Å². The van der Waals surface area contributed by atoms with Crippen LogP contribution >= 0.6 is 11.6 Å². The van der Waals surface area contributed by atoms with Crippen LogP contribution in [0.2, 0.25) is 5.02 Å². The van der Waals surface area contributed by atoms with Crippen molar-refractivity contribution in [3.05, 3.63) is 107 Å². The van der Waals surface area contributed by atoms with Crippen molar-refractivity contribution in [3.63, 3.8) is 0 Å². The van der Waals surface area contributed by atoms with Crippen LogP contribution in [0, 0.1) is 42.4 Å². The molecule has 0 spiro atoms. The molecule has 2 bridgehead atoms. The number of carbonyl (C=O) groups is 4. The van der Waals surface area contributed by atoms with Crippen molar-refractivity contribution in [2.45, 2.75) is 32.8 Å². The maximum absolute atomic E-state index is 13.7. The Balaban J connectivity index is 1.12. The highest BCUT2D eigenvalue weighted by Crippen LogP contribution is 2.65. The highest BCUT2D eigenvalue weighted by molar-refractivity contribution is 6.32. The number of hydrogen-bond acceptors (Lipinski definition) is 6.